The van der Waals surface area contributed by atoms with Crippen LogP contribution in [0.25, 0.3) is 11.4 Å². The third-order valence-electron chi connectivity index (χ3n) is 3.12. The number of amides is 1. The Morgan fingerprint density at radius 1 is 1.17 bits per heavy atom. The lowest BCUT2D eigenvalue weighted by molar-refractivity contribution is 0.0943. The lowest BCUT2D eigenvalue weighted by Crippen LogP contribution is -2.23. The first-order chi connectivity index (χ1) is 11.3. The predicted octanol–water partition coefficient (Wildman–Crippen LogP) is 2.78. The minimum atomic E-state index is -0.196. The van der Waals surface area contributed by atoms with Crippen LogP contribution in [0.4, 0.5) is 0 Å². The number of carbonyl (C=O) groups excluding carboxylic acids is 1. The van der Waals surface area contributed by atoms with Gasteiger partial charge in [-0.15, -0.1) is 11.8 Å². The molecule has 0 aliphatic carbocycles. The van der Waals surface area contributed by atoms with E-state index in [1.807, 2.05) is 24.5 Å². The molecule has 0 fully saturated rings. The van der Waals surface area contributed by atoms with Crippen molar-refractivity contribution in [1.82, 2.24) is 20.4 Å². The Morgan fingerprint density at radius 2 is 2.04 bits per heavy atom. The summed E-state index contributed by atoms with van der Waals surface area (Å²) in [5.41, 5.74) is 1.91. The smallest absolute Gasteiger partial charge is 0.254 e. The lowest BCUT2D eigenvalue weighted by atomic mass is 10.2. The van der Waals surface area contributed by atoms with Crippen molar-refractivity contribution < 1.29 is 9.32 Å². The van der Waals surface area contributed by atoms with Crippen LogP contribution in [0.15, 0.2) is 58.3 Å². The van der Waals surface area contributed by atoms with Crippen LogP contribution in [-0.2, 0) is 6.54 Å². The Labute approximate surface area is 137 Å². The molecule has 3 rings (SSSR count). The van der Waals surface area contributed by atoms with Gasteiger partial charge in [-0.05, 0) is 30.5 Å². The summed E-state index contributed by atoms with van der Waals surface area (Å²) in [4.78, 5) is 20.6. The number of hydrogen-bond donors (Lipinski definition) is 1. The molecular weight excluding hydrogens is 312 g/mol. The van der Waals surface area contributed by atoms with Gasteiger partial charge in [0.15, 0.2) is 5.76 Å². The number of carbonyl (C=O) groups is 1. The molecule has 0 saturated carbocycles. The molecule has 0 aromatic carbocycles. The highest BCUT2D eigenvalue weighted by Crippen LogP contribution is 2.18. The molecule has 23 heavy (non-hydrogen) atoms. The SMILES string of the molecule is CSc1ncccc1C(=O)NCc1cc(-c2ccccn2)no1. The molecular formula is C16H14N4O2S. The zero-order valence-corrected chi connectivity index (χ0v) is 13.2. The second-order valence-electron chi connectivity index (χ2n) is 4.64. The Kier molecular flexibility index (Phi) is 4.68. The van der Waals surface area contributed by atoms with Gasteiger partial charge >= 0.3 is 0 Å². The van der Waals surface area contributed by atoms with E-state index in [-0.39, 0.29) is 12.5 Å². The fourth-order valence-electron chi connectivity index (χ4n) is 2.02. The van der Waals surface area contributed by atoms with Crippen LogP contribution < -0.4 is 5.32 Å². The highest BCUT2D eigenvalue weighted by Gasteiger charge is 2.13. The third kappa shape index (κ3) is 3.57. The standard InChI is InChI=1S/C16H14N4O2S/c1-23-16-12(5-4-8-18-16)15(21)19-10-11-9-14(20-22-11)13-6-2-3-7-17-13/h2-9H,10H2,1H3,(H,19,21). The third-order valence-corrected chi connectivity index (χ3v) is 3.83. The number of hydrogen-bond acceptors (Lipinski definition) is 6. The molecule has 3 heterocycles. The van der Waals surface area contributed by atoms with Crippen LogP contribution >= 0.6 is 11.8 Å². The van der Waals surface area contributed by atoms with Gasteiger partial charge in [0.05, 0.1) is 17.8 Å². The molecule has 0 saturated heterocycles. The van der Waals surface area contributed by atoms with E-state index in [2.05, 4.69) is 20.4 Å². The summed E-state index contributed by atoms with van der Waals surface area (Å²) in [5.74, 6) is 0.367. The summed E-state index contributed by atoms with van der Waals surface area (Å²) in [6.45, 7) is 0.251. The van der Waals surface area contributed by atoms with Crippen LogP contribution in [0.3, 0.4) is 0 Å². The van der Waals surface area contributed by atoms with E-state index in [9.17, 15) is 4.79 Å². The molecule has 1 amide bonds. The second-order valence-corrected chi connectivity index (χ2v) is 5.43. The molecule has 3 aromatic heterocycles. The summed E-state index contributed by atoms with van der Waals surface area (Å²) >= 11 is 1.43. The zero-order valence-electron chi connectivity index (χ0n) is 12.4. The molecule has 0 radical (unpaired) electrons. The van der Waals surface area contributed by atoms with Gasteiger partial charge in [0.25, 0.3) is 5.91 Å². The minimum Gasteiger partial charge on any atom is -0.359 e. The first-order valence-corrected chi connectivity index (χ1v) is 8.14. The van der Waals surface area contributed by atoms with Crippen LogP contribution in [-0.4, -0.2) is 27.3 Å². The van der Waals surface area contributed by atoms with Crippen molar-refractivity contribution in [1.29, 1.82) is 0 Å². The summed E-state index contributed by atoms with van der Waals surface area (Å²) in [5, 5.41) is 7.47. The van der Waals surface area contributed by atoms with E-state index in [0.717, 1.165) is 5.69 Å². The maximum Gasteiger partial charge on any atom is 0.254 e. The first kappa shape index (κ1) is 15.2. The van der Waals surface area contributed by atoms with E-state index in [4.69, 9.17) is 4.52 Å². The molecule has 0 unspecified atom stereocenters. The van der Waals surface area contributed by atoms with Crippen molar-refractivity contribution in [3.63, 3.8) is 0 Å². The number of pyridine rings is 2. The number of nitrogens with one attached hydrogen (secondary N) is 1. The Hall–Kier alpha value is -2.67. The predicted molar refractivity (Wildman–Crippen MR) is 86.9 cm³/mol. The lowest BCUT2D eigenvalue weighted by Gasteiger charge is -2.05. The maximum atomic E-state index is 12.2. The Bertz CT molecular complexity index is 805. The van der Waals surface area contributed by atoms with Crippen molar-refractivity contribution in [2.45, 2.75) is 11.6 Å². The van der Waals surface area contributed by atoms with E-state index in [1.165, 1.54) is 11.8 Å². The van der Waals surface area contributed by atoms with Gasteiger partial charge in [-0.2, -0.15) is 0 Å². The average molecular weight is 326 g/mol. The molecule has 6 nitrogen and oxygen atoms in total. The fraction of sp³-hybridized carbons (Fsp3) is 0.125. The maximum absolute atomic E-state index is 12.2. The average Bonchev–Trinajstić information content (AvgIpc) is 3.09. The van der Waals surface area contributed by atoms with Gasteiger partial charge in [0.1, 0.15) is 10.7 Å². The molecule has 0 bridgehead atoms. The summed E-state index contributed by atoms with van der Waals surface area (Å²) in [6, 6.07) is 10.8. The van der Waals surface area contributed by atoms with E-state index in [0.29, 0.717) is 22.0 Å². The van der Waals surface area contributed by atoms with E-state index < -0.39 is 0 Å². The van der Waals surface area contributed by atoms with Gasteiger partial charge in [0, 0.05) is 18.5 Å². The topological polar surface area (TPSA) is 80.9 Å². The second kappa shape index (κ2) is 7.06. The molecule has 3 aromatic rings. The zero-order chi connectivity index (χ0) is 16.1. The van der Waals surface area contributed by atoms with Crippen LogP contribution in [0, 0.1) is 0 Å². The van der Waals surface area contributed by atoms with Crippen molar-refractivity contribution in [2.75, 3.05) is 6.26 Å². The van der Waals surface area contributed by atoms with Gasteiger partial charge in [-0.25, -0.2) is 4.98 Å². The van der Waals surface area contributed by atoms with Gasteiger partial charge in [0.2, 0.25) is 0 Å². The van der Waals surface area contributed by atoms with Crippen LogP contribution in [0.1, 0.15) is 16.1 Å². The van der Waals surface area contributed by atoms with Crippen molar-refractivity contribution >= 4 is 17.7 Å². The van der Waals surface area contributed by atoms with Crippen molar-refractivity contribution in [3.05, 3.63) is 60.1 Å². The monoisotopic (exact) mass is 326 g/mol. The fourth-order valence-corrected chi connectivity index (χ4v) is 2.57. The van der Waals surface area contributed by atoms with Gasteiger partial charge < -0.3 is 9.84 Å². The highest BCUT2D eigenvalue weighted by atomic mass is 32.2. The Morgan fingerprint density at radius 3 is 2.83 bits per heavy atom. The van der Waals surface area contributed by atoms with Crippen LogP contribution in [0.2, 0.25) is 0 Å². The number of nitrogens with zero attached hydrogens (tertiary/aromatic N) is 3. The molecule has 0 aliphatic rings. The quantitative estimate of drug-likeness (QED) is 0.726. The molecule has 0 spiro atoms. The molecule has 116 valence electrons. The van der Waals surface area contributed by atoms with E-state index in [1.54, 1.807) is 30.6 Å². The molecule has 7 heteroatoms. The highest BCUT2D eigenvalue weighted by molar-refractivity contribution is 7.98. The van der Waals surface area contributed by atoms with Crippen molar-refractivity contribution in [2.24, 2.45) is 0 Å². The molecule has 0 aliphatic heterocycles. The van der Waals surface area contributed by atoms with Gasteiger partial charge in [-0.1, -0.05) is 11.2 Å². The molecule has 0 atom stereocenters. The normalized spacial score (nSPS) is 10.5. The van der Waals surface area contributed by atoms with E-state index >= 15 is 0 Å². The Balaban J connectivity index is 1.67. The number of aromatic nitrogens is 3. The minimum absolute atomic E-state index is 0.196. The summed E-state index contributed by atoms with van der Waals surface area (Å²) < 4.78 is 5.24. The molecule has 1 N–H and O–H groups in total. The van der Waals surface area contributed by atoms with Crippen molar-refractivity contribution in [3.8, 4) is 11.4 Å². The summed E-state index contributed by atoms with van der Waals surface area (Å²) in [7, 11) is 0. The van der Waals surface area contributed by atoms with Gasteiger partial charge in [-0.3, -0.25) is 9.78 Å². The first-order valence-electron chi connectivity index (χ1n) is 6.92. The summed E-state index contributed by atoms with van der Waals surface area (Å²) in [6.07, 6.45) is 5.24. The largest absolute Gasteiger partial charge is 0.359 e. The van der Waals surface area contributed by atoms with Crippen LogP contribution in [0.5, 0.6) is 0 Å². The number of thioether (sulfide) groups is 1. The number of rotatable bonds is 5.